The molecule has 0 saturated heterocycles. The normalized spacial score (nSPS) is 18.9. The van der Waals surface area contributed by atoms with E-state index >= 15 is 0 Å². The molecule has 0 amide bonds. The summed E-state index contributed by atoms with van der Waals surface area (Å²) in [4.78, 5) is -0.459. The number of aliphatic hydroxyl groups is 1. The first-order valence-corrected chi connectivity index (χ1v) is 8.00. The molecule has 0 aromatic heterocycles. The van der Waals surface area contributed by atoms with E-state index < -0.39 is 32.3 Å². The molecule has 2 rings (SSSR count). The number of sulfonamides is 1. The second-order valence-electron chi connectivity index (χ2n) is 5.28. The van der Waals surface area contributed by atoms with Crippen molar-refractivity contribution in [2.24, 2.45) is 0 Å². The minimum absolute atomic E-state index is 0.189. The lowest BCUT2D eigenvalue weighted by Gasteiger charge is -2.22. The number of halogens is 3. The van der Waals surface area contributed by atoms with E-state index in [1.807, 2.05) is 0 Å². The van der Waals surface area contributed by atoms with E-state index in [2.05, 4.69) is 4.72 Å². The molecule has 0 unspecified atom stereocenters. The Morgan fingerprint density at radius 3 is 2.43 bits per heavy atom. The van der Waals surface area contributed by atoms with Gasteiger partial charge in [-0.3, -0.25) is 0 Å². The van der Waals surface area contributed by atoms with E-state index in [0.717, 1.165) is 31.0 Å². The highest BCUT2D eigenvalue weighted by Crippen LogP contribution is 2.31. The standard InChI is InChI=1S/C13H16F3NO3S/c14-13(15,16)10-4-3-5-11(8-10)21(19,20)17-9-12(18)6-1-2-7-12/h3-5,8,17-18H,1-2,6-7,9H2. The van der Waals surface area contributed by atoms with Crippen LogP contribution >= 0.6 is 0 Å². The fourth-order valence-electron chi connectivity index (χ4n) is 2.36. The molecule has 0 atom stereocenters. The number of benzene rings is 1. The van der Waals surface area contributed by atoms with Gasteiger partial charge in [-0.1, -0.05) is 18.9 Å². The third-order valence-corrected chi connectivity index (χ3v) is 5.00. The first kappa shape index (κ1) is 16.3. The summed E-state index contributed by atoms with van der Waals surface area (Å²) >= 11 is 0. The van der Waals surface area contributed by atoms with Gasteiger partial charge in [0, 0.05) is 6.54 Å². The zero-order chi connectivity index (χ0) is 15.7. The van der Waals surface area contributed by atoms with E-state index in [0.29, 0.717) is 18.9 Å². The van der Waals surface area contributed by atoms with Crippen molar-refractivity contribution in [2.45, 2.75) is 42.4 Å². The summed E-state index contributed by atoms with van der Waals surface area (Å²) in [5.74, 6) is 0. The Morgan fingerprint density at radius 1 is 1.24 bits per heavy atom. The number of nitrogens with one attached hydrogen (secondary N) is 1. The molecule has 0 radical (unpaired) electrons. The molecule has 1 saturated carbocycles. The summed E-state index contributed by atoms with van der Waals surface area (Å²) in [7, 11) is -4.08. The van der Waals surface area contributed by atoms with Crippen LogP contribution in [0, 0.1) is 0 Å². The molecule has 0 heterocycles. The van der Waals surface area contributed by atoms with Crippen LogP contribution in [0.1, 0.15) is 31.2 Å². The molecule has 2 N–H and O–H groups in total. The topological polar surface area (TPSA) is 66.4 Å². The van der Waals surface area contributed by atoms with Crippen molar-refractivity contribution >= 4 is 10.0 Å². The smallest absolute Gasteiger partial charge is 0.389 e. The van der Waals surface area contributed by atoms with Crippen LogP contribution in [0.15, 0.2) is 29.2 Å². The van der Waals surface area contributed by atoms with Gasteiger partial charge in [0.15, 0.2) is 0 Å². The molecule has 118 valence electrons. The molecular weight excluding hydrogens is 307 g/mol. The Labute approximate surface area is 121 Å². The highest BCUT2D eigenvalue weighted by Gasteiger charge is 2.34. The SMILES string of the molecule is O=S(=O)(NCC1(O)CCCC1)c1cccc(C(F)(F)F)c1. The molecular formula is C13H16F3NO3S. The Hall–Kier alpha value is -1.12. The van der Waals surface area contributed by atoms with Crippen molar-refractivity contribution in [3.8, 4) is 0 Å². The fourth-order valence-corrected chi connectivity index (χ4v) is 3.53. The van der Waals surface area contributed by atoms with E-state index in [4.69, 9.17) is 0 Å². The van der Waals surface area contributed by atoms with E-state index in [1.165, 1.54) is 0 Å². The predicted molar refractivity (Wildman–Crippen MR) is 70.1 cm³/mol. The van der Waals surface area contributed by atoms with Gasteiger partial charge in [-0.15, -0.1) is 0 Å². The van der Waals surface area contributed by atoms with Crippen LogP contribution in [0.2, 0.25) is 0 Å². The minimum atomic E-state index is -4.60. The first-order chi connectivity index (χ1) is 9.62. The van der Waals surface area contributed by atoms with E-state index in [-0.39, 0.29) is 6.54 Å². The van der Waals surface area contributed by atoms with Crippen molar-refractivity contribution in [2.75, 3.05) is 6.54 Å². The lowest BCUT2D eigenvalue weighted by atomic mass is 10.0. The van der Waals surface area contributed by atoms with Crippen molar-refractivity contribution in [1.82, 2.24) is 4.72 Å². The molecule has 1 aromatic carbocycles. The van der Waals surface area contributed by atoms with Gasteiger partial charge in [0.1, 0.15) is 0 Å². The molecule has 21 heavy (non-hydrogen) atoms. The zero-order valence-corrected chi connectivity index (χ0v) is 12.0. The largest absolute Gasteiger partial charge is 0.416 e. The van der Waals surface area contributed by atoms with Gasteiger partial charge in [-0.05, 0) is 31.0 Å². The average Bonchev–Trinajstić information content (AvgIpc) is 2.84. The van der Waals surface area contributed by atoms with Crippen LogP contribution in [0.5, 0.6) is 0 Å². The Kier molecular flexibility index (Phi) is 4.32. The number of hydrogen-bond donors (Lipinski definition) is 2. The van der Waals surface area contributed by atoms with Gasteiger partial charge in [0.25, 0.3) is 0 Å². The highest BCUT2D eigenvalue weighted by atomic mass is 32.2. The lowest BCUT2D eigenvalue weighted by Crippen LogP contribution is -2.40. The first-order valence-electron chi connectivity index (χ1n) is 6.52. The number of hydrogen-bond acceptors (Lipinski definition) is 3. The molecule has 8 heteroatoms. The predicted octanol–water partition coefficient (Wildman–Crippen LogP) is 2.29. The molecule has 0 bridgehead atoms. The maximum atomic E-state index is 12.6. The second kappa shape index (κ2) is 5.58. The van der Waals surface area contributed by atoms with Gasteiger partial charge in [0.05, 0.1) is 16.1 Å². The maximum absolute atomic E-state index is 12.6. The lowest BCUT2D eigenvalue weighted by molar-refractivity contribution is -0.137. The van der Waals surface area contributed by atoms with E-state index in [9.17, 15) is 26.7 Å². The van der Waals surface area contributed by atoms with Crippen LogP contribution in [-0.4, -0.2) is 25.7 Å². The third kappa shape index (κ3) is 3.96. The molecule has 0 aliphatic heterocycles. The van der Waals surface area contributed by atoms with Gasteiger partial charge < -0.3 is 5.11 Å². The van der Waals surface area contributed by atoms with Crippen LogP contribution < -0.4 is 4.72 Å². The van der Waals surface area contributed by atoms with E-state index in [1.54, 1.807) is 0 Å². The molecule has 1 aliphatic carbocycles. The Balaban J connectivity index is 2.16. The summed E-state index contributed by atoms with van der Waals surface area (Å²) < 4.78 is 64.0. The van der Waals surface area contributed by atoms with Crippen LogP contribution in [-0.2, 0) is 16.2 Å². The molecule has 0 spiro atoms. The number of alkyl halides is 3. The van der Waals surface area contributed by atoms with Crippen molar-refractivity contribution in [1.29, 1.82) is 0 Å². The zero-order valence-electron chi connectivity index (χ0n) is 11.2. The Bertz CT molecular complexity index is 607. The molecule has 1 fully saturated rings. The summed E-state index contributed by atoms with van der Waals surface area (Å²) in [5.41, 5.74) is -2.13. The van der Waals surface area contributed by atoms with Gasteiger partial charge in [-0.2, -0.15) is 13.2 Å². The summed E-state index contributed by atoms with van der Waals surface area (Å²) in [6.07, 6.45) is -2.02. The Morgan fingerprint density at radius 2 is 1.86 bits per heavy atom. The second-order valence-corrected chi connectivity index (χ2v) is 7.05. The maximum Gasteiger partial charge on any atom is 0.416 e. The summed E-state index contributed by atoms with van der Waals surface area (Å²) in [6.45, 7) is -0.189. The monoisotopic (exact) mass is 323 g/mol. The fraction of sp³-hybridized carbons (Fsp3) is 0.538. The van der Waals surface area contributed by atoms with Crippen LogP contribution in [0.25, 0.3) is 0 Å². The minimum Gasteiger partial charge on any atom is -0.389 e. The van der Waals surface area contributed by atoms with Crippen LogP contribution in [0.3, 0.4) is 0 Å². The molecule has 1 aliphatic rings. The molecule has 4 nitrogen and oxygen atoms in total. The quantitative estimate of drug-likeness (QED) is 0.893. The van der Waals surface area contributed by atoms with Gasteiger partial charge in [-0.25, -0.2) is 13.1 Å². The third-order valence-electron chi connectivity index (χ3n) is 3.60. The summed E-state index contributed by atoms with van der Waals surface area (Å²) in [5, 5.41) is 10.1. The van der Waals surface area contributed by atoms with Gasteiger partial charge >= 0.3 is 6.18 Å². The summed E-state index contributed by atoms with van der Waals surface area (Å²) in [6, 6.07) is 3.53. The highest BCUT2D eigenvalue weighted by molar-refractivity contribution is 7.89. The van der Waals surface area contributed by atoms with Gasteiger partial charge in [0.2, 0.25) is 10.0 Å². The van der Waals surface area contributed by atoms with Crippen LogP contribution in [0.4, 0.5) is 13.2 Å². The molecule has 1 aromatic rings. The van der Waals surface area contributed by atoms with Crippen molar-refractivity contribution < 1.29 is 26.7 Å². The van der Waals surface area contributed by atoms with Crippen molar-refractivity contribution in [3.05, 3.63) is 29.8 Å². The number of rotatable bonds is 4. The van der Waals surface area contributed by atoms with Crippen molar-refractivity contribution in [3.63, 3.8) is 0 Å². The average molecular weight is 323 g/mol.